The van der Waals surface area contributed by atoms with E-state index in [9.17, 15) is 0 Å². The number of fused-ring (bicyclic) bond motifs is 1. The van der Waals surface area contributed by atoms with E-state index in [0.29, 0.717) is 0 Å². The van der Waals surface area contributed by atoms with Gasteiger partial charge in [0.05, 0.1) is 5.69 Å². The van der Waals surface area contributed by atoms with Crippen LogP contribution < -0.4 is 5.30 Å². The van der Waals surface area contributed by atoms with Gasteiger partial charge in [-0.1, -0.05) is 6.07 Å². The quantitative estimate of drug-likeness (QED) is 0.642. The third kappa shape index (κ3) is 1.48. The molecule has 0 aliphatic carbocycles. The highest BCUT2D eigenvalue weighted by Crippen LogP contribution is 2.22. The summed E-state index contributed by atoms with van der Waals surface area (Å²) in [6.45, 7) is 0. The second-order valence-electron chi connectivity index (χ2n) is 3.45. The summed E-state index contributed by atoms with van der Waals surface area (Å²) < 4.78 is 0. The molecule has 5 heteroatoms. The molecule has 16 heavy (non-hydrogen) atoms. The Morgan fingerprint density at radius 3 is 2.88 bits per heavy atom. The van der Waals surface area contributed by atoms with Crippen molar-refractivity contribution in [1.82, 2.24) is 20.2 Å². The van der Waals surface area contributed by atoms with Gasteiger partial charge in [0.2, 0.25) is 0 Å². The molecule has 3 rings (SSSR count). The Morgan fingerprint density at radius 2 is 2.06 bits per heavy atom. The summed E-state index contributed by atoms with van der Waals surface area (Å²) in [5.41, 5.74) is 2.48. The molecular formula is C11H9N4P. The van der Waals surface area contributed by atoms with Gasteiger partial charge in [-0.25, -0.2) is 4.98 Å². The highest BCUT2D eigenvalue weighted by atomic mass is 31.0. The number of nitrogens with one attached hydrogen (secondary N) is 1. The van der Waals surface area contributed by atoms with Crippen LogP contribution in [-0.2, 0) is 0 Å². The van der Waals surface area contributed by atoms with E-state index in [1.807, 2.05) is 24.3 Å². The van der Waals surface area contributed by atoms with Gasteiger partial charge in [0.25, 0.3) is 0 Å². The molecule has 1 unspecified atom stereocenters. The van der Waals surface area contributed by atoms with Crippen LogP contribution in [0.2, 0.25) is 0 Å². The summed E-state index contributed by atoms with van der Waals surface area (Å²) in [5, 5.41) is 9.18. The van der Waals surface area contributed by atoms with Crippen LogP contribution in [0.1, 0.15) is 0 Å². The van der Waals surface area contributed by atoms with E-state index in [4.69, 9.17) is 0 Å². The first-order valence-corrected chi connectivity index (χ1v) is 5.43. The fraction of sp³-hybridized carbons (Fsp3) is 0. The van der Waals surface area contributed by atoms with Gasteiger partial charge >= 0.3 is 0 Å². The molecule has 0 saturated carbocycles. The van der Waals surface area contributed by atoms with Gasteiger partial charge in [0, 0.05) is 17.8 Å². The maximum atomic E-state index is 4.34. The van der Waals surface area contributed by atoms with Crippen molar-refractivity contribution in [2.45, 2.75) is 0 Å². The molecule has 0 bridgehead atoms. The molecule has 1 atom stereocenters. The van der Waals surface area contributed by atoms with Crippen molar-refractivity contribution >= 4 is 25.6 Å². The van der Waals surface area contributed by atoms with Crippen LogP contribution in [0.25, 0.3) is 22.4 Å². The van der Waals surface area contributed by atoms with Crippen molar-refractivity contribution in [3.05, 3.63) is 36.7 Å². The zero-order valence-electron chi connectivity index (χ0n) is 8.38. The van der Waals surface area contributed by atoms with Crippen LogP contribution >= 0.6 is 9.24 Å². The molecule has 3 heterocycles. The van der Waals surface area contributed by atoms with Crippen molar-refractivity contribution in [3.8, 4) is 11.4 Å². The van der Waals surface area contributed by atoms with Crippen LogP contribution in [0.3, 0.4) is 0 Å². The number of aromatic nitrogens is 4. The Labute approximate surface area is 94.3 Å². The van der Waals surface area contributed by atoms with Crippen molar-refractivity contribution in [3.63, 3.8) is 0 Å². The lowest BCUT2D eigenvalue weighted by Crippen LogP contribution is -1.92. The van der Waals surface area contributed by atoms with Crippen molar-refractivity contribution in [2.24, 2.45) is 0 Å². The lowest BCUT2D eigenvalue weighted by Gasteiger charge is -1.97. The van der Waals surface area contributed by atoms with Crippen LogP contribution in [0.15, 0.2) is 36.7 Å². The minimum atomic E-state index is 0.786. The molecule has 0 spiro atoms. The van der Waals surface area contributed by atoms with Gasteiger partial charge in [-0.3, -0.25) is 10.1 Å². The van der Waals surface area contributed by atoms with Gasteiger partial charge in [-0.05, 0) is 23.5 Å². The third-order valence-corrected chi connectivity index (χ3v) is 2.71. The number of H-pyrrole nitrogens is 1. The summed E-state index contributed by atoms with van der Waals surface area (Å²) in [7, 11) is 2.61. The number of rotatable bonds is 1. The third-order valence-electron chi connectivity index (χ3n) is 2.37. The Bertz CT molecular complexity index is 630. The zero-order chi connectivity index (χ0) is 11.0. The SMILES string of the molecule is Pc1ccc(-c2n[nH]c3ncccc23)nc1. The second kappa shape index (κ2) is 3.65. The fourth-order valence-corrected chi connectivity index (χ4v) is 1.77. The van der Waals surface area contributed by atoms with Gasteiger partial charge in [0.15, 0.2) is 5.65 Å². The first-order valence-electron chi connectivity index (χ1n) is 4.85. The monoisotopic (exact) mass is 228 g/mol. The van der Waals surface area contributed by atoms with E-state index in [1.165, 1.54) is 0 Å². The van der Waals surface area contributed by atoms with Gasteiger partial charge in [0.1, 0.15) is 5.69 Å². The van der Waals surface area contributed by atoms with Gasteiger partial charge in [-0.2, -0.15) is 5.10 Å². The molecule has 0 aliphatic rings. The zero-order valence-corrected chi connectivity index (χ0v) is 9.54. The van der Waals surface area contributed by atoms with Gasteiger partial charge in [-0.15, -0.1) is 9.24 Å². The predicted octanol–water partition coefficient (Wildman–Crippen LogP) is 1.52. The Hall–Kier alpha value is -1.80. The van der Waals surface area contributed by atoms with Crippen molar-refractivity contribution < 1.29 is 0 Å². The number of nitrogens with zero attached hydrogens (tertiary/aromatic N) is 3. The number of hydrogen-bond acceptors (Lipinski definition) is 3. The Morgan fingerprint density at radius 1 is 1.12 bits per heavy atom. The van der Waals surface area contributed by atoms with Crippen LogP contribution in [-0.4, -0.2) is 20.2 Å². The second-order valence-corrected chi connectivity index (χ2v) is 4.12. The largest absolute Gasteiger partial charge is 0.260 e. The summed E-state index contributed by atoms with van der Waals surface area (Å²) >= 11 is 0. The Kier molecular flexibility index (Phi) is 2.15. The van der Waals surface area contributed by atoms with Gasteiger partial charge < -0.3 is 0 Å². The fourth-order valence-electron chi connectivity index (χ4n) is 1.60. The summed E-state index contributed by atoms with van der Waals surface area (Å²) in [4.78, 5) is 8.53. The maximum absolute atomic E-state index is 4.34. The minimum Gasteiger partial charge on any atom is -0.260 e. The average Bonchev–Trinajstić information content (AvgIpc) is 2.74. The predicted molar refractivity (Wildman–Crippen MR) is 66.5 cm³/mol. The minimum absolute atomic E-state index is 0.786. The molecule has 3 aromatic rings. The van der Waals surface area contributed by atoms with E-state index in [0.717, 1.165) is 27.7 Å². The smallest absolute Gasteiger partial charge is 0.155 e. The van der Waals surface area contributed by atoms with Crippen LogP contribution in [0, 0.1) is 0 Å². The van der Waals surface area contributed by atoms with Crippen LogP contribution in [0.5, 0.6) is 0 Å². The highest BCUT2D eigenvalue weighted by Gasteiger charge is 2.08. The van der Waals surface area contributed by atoms with E-state index in [2.05, 4.69) is 29.4 Å². The number of pyridine rings is 2. The average molecular weight is 228 g/mol. The standard InChI is InChI=1S/C11H9N4P/c16-7-3-4-9(13-6-7)10-8-2-1-5-12-11(8)15-14-10/h1-6H,16H2,(H,12,14,15). The molecule has 4 nitrogen and oxygen atoms in total. The van der Waals surface area contributed by atoms with E-state index >= 15 is 0 Å². The summed E-state index contributed by atoms with van der Waals surface area (Å²) in [6, 6.07) is 7.82. The molecule has 78 valence electrons. The molecule has 0 fully saturated rings. The first-order chi connectivity index (χ1) is 7.84. The topological polar surface area (TPSA) is 54.5 Å². The van der Waals surface area contributed by atoms with Crippen molar-refractivity contribution in [2.75, 3.05) is 0 Å². The molecule has 0 aliphatic heterocycles. The summed E-state index contributed by atoms with van der Waals surface area (Å²) in [5.74, 6) is 0. The van der Waals surface area contributed by atoms with E-state index < -0.39 is 0 Å². The number of hydrogen-bond donors (Lipinski definition) is 1. The number of aromatic amines is 1. The maximum Gasteiger partial charge on any atom is 0.155 e. The Balaban J connectivity index is 2.22. The molecular weight excluding hydrogens is 219 g/mol. The molecule has 0 saturated heterocycles. The highest BCUT2D eigenvalue weighted by molar-refractivity contribution is 7.27. The lowest BCUT2D eigenvalue weighted by atomic mass is 10.2. The van der Waals surface area contributed by atoms with E-state index in [-0.39, 0.29) is 0 Å². The normalized spacial score (nSPS) is 10.8. The first kappa shape index (κ1) is 9.43. The van der Waals surface area contributed by atoms with E-state index in [1.54, 1.807) is 12.4 Å². The lowest BCUT2D eigenvalue weighted by molar-refractivity contribution is 1.09. The molecule has 1 N–H and O–H groups in total. The van der Waals surface area contributed by atoms with Crippen LogP contribution in [0.4, 0.5) is 0 Å². The molecule has 0 radical (unpaired) electrons. The molecule has 0 aromatic carbocycles. The molecule has 0 amide bonds. The summed E-state index contributed by atoms with van der Waals surface area (Å²) in [6.07, 6.45) is 3.54. The van der Waals surface area contributed by atoms with Crippen molar-refractivity contribution in [1.29, 1.82) is 0 Å². The molecule has 3 aromatic heterocycles.